The van der Waals surface area contributed by atoms with Gasteiger partial charge in [-0.05, 0) is 43.0 Å². The molecule has 1 aliphatic rings. The van der Waals surface area contributed by atoms with Gasteiger partial charge in [0.05, 0.1) is 0 Å². The Kier molecular flexibility index (Phi) is 5.55. The van der Waals surface area contributed by atoms with E-state index in [0.29, 0.717) is 31.5 Å². The van der Waals surface area contributed by atoms with Crippen LogP contribution in [0.1, 0.15) is 24.0 Å². The summed E-state index contributed by atoms with van der Waals surface area (Å²) in [6, 6.07) is 14.6. The molecule has 0 spiro atoms. The van der Waals surface area contributed by atoms with E-state index in [-0.39, 0.29) is 17.6 Å². The second-order valence-electron chi connectivity index (χ2n) is 7.32. The standard InChI is InChI=1S/C22H23FN4O2/c1-15-4-2-3-5-19(15)20-25-22(29-26-20)27-12-10-17(11-13-27)21(28)24-14-16-6-8-18(23)9-7-16/h2-9,17H,10-14H2,1H3,(H,24,28). The fraction of sp³-hybridized carbons (Fsp3) is 0.318. The van der Waals surface area contributed by atoms with E-state index in [1.165, 1.54) is 12.1 Å². The summed E-state index contributed by atoms with van der Waals surface area (Å²) in [5.74, 6) is 0.280. The maximum Gasteiger partial charge on any atom is 0.324 e. The fourth-order valence-electron chi connectivity index (χ4n) is 3.55. The number of nitrogens with zero attached hydrogens (tertiary/aromatic N) is 3. The number of nitrogens with one attached hydrogen (secondary N) is 1. The van der Waals surface area contributed by atoms with Crippen LogP contribution in [-0.2, 0) is 11.3 Å². The topological polar surface area (TPSA) is 71.3 Å². The zero-order valence-corrected chi connectivity index (χ0v) is 16.3. The maximum atomic E-state index is 13.0. The van der Waals surface area contributed by atoms with Crippen molar-refractivity contribution in [2.75, 3.05) is 18.0 Å². The number of hydrogen-bond acceptors (Lipinski definition) is 5. The molecule has 1 saturated heterocycles. The van der Waals surface area contributed by atoms with Crippen LogP contribution in [0.15, 0.2) is 53.1 Å². The van der Waals surface area contributed by atoms with E-state index in [9.17, 15) is 9.18 Å². The molecule has 0 atom stereocenters. The maximum absolute atomic E-state index is 13.0. The molecular formula is C22H23FN4O2. The Labute approximate surface area is 168 Å². The number of hydrogen-bond donors (Lipinski definition) is 1. The minimum Gasteiger partial charge on any atom is -0.352 e. The number of rotatable bonds is 5. The minimum atomic E-state index is -0.279. The number of carbonyl (C=O) groups excluding carboxylic acids is 1. The fourth-order valence-corrected chi connectivity index (χ4v) is 3.55. The number of aryl methyl sites for hydroxylation is 1. The van der Waals surface area contributed by atoms with Gasteiger partial charge in [-0.2, -0.15) is 4.98 Å². The third-order valence-corrected chi connectivity index (χ3v) is 5.32. The van der Waals surface area contributed by atoms with Gasteiger partial charge in [-0.25, -0.2) is 4.39 Å². The summed E-state index contributed by atoms with van der Waals surface area (Å²) in [5.41, 5.74) is 2.93. The van der Waals surface area contributed by atoms with Gasteiger partial charge in [0, 0.05) is 31.1 Å². The van der Waals surface area contributed by atoms with Crippen molar-refractivity contribution >= 4 is 11.9 Å². The van der Waals surface area contributed by atoms with E-state index in [1.54, 1.807) is 12.1 Å². The van der Waals surface area contributed by atoms with Crippen LogP contribution in [0.25, 0.3) is 11.4 Å². The lowest BCUT2D eigenvalue weighted by Crippen LogP contribution is -2.40. The molecule has 1 amide bonds. The Hall–Kier alpha value is -3.22. The first-order valence-electron chi connectivity index (χ1n) is 9.77. The van der Waals surface area contributed by atoms with Crippen molar-refractivity contribution in [2.45, 2.75) is 26.3 Å². The van der Waals surface area contributed by atoms with E-state index in [2.05, 4.69) is 15.5 Å². The summed E-state index contributed by atoms with van der Waals surface area (Å²) in [6.07, 6.45) is 1.44. The van der Waals surface area contributed by atoms with Gasteiger partial charge < -0.3 is 14.7 Å². The van der Waals surface area contributed by atoms with E-state index >= 15 is 0 Å². The summed E-state index contributed by atoms with van der Waals surface area (Å²) < 4.78 is 18.4. The molecule has 2 heterocycles. The Balaban J connectivity index is 1.31. The SMILES string of the molecule is Cc1ccccc1-c1noc(N2CCC(C(=O)NCc3ccc(F)cc3)CC2)n1. The highest BCUT2D eigenvalue weighted by Gasteiger charge is 2.27. The normalized spacial score (nSPS) is 14.8. The van der Waals surface area contributed by atoms with Crippen molar-refractivity contribution < 1.29 is 13.7 Å². The van der Waals surface area contributed by atoms with Crippen molar-refractivity contribution in [3.8, 4) is 11.4 Å². The highest BCUT2D eigenvalue weighted by Crippen LogP contribution is 2.26. The summed E-state index contributed by atoms with van der Waals surface area (Å²) >= 11 is 0. The number of aromatic nitrogens is 2. The molecular weight excluding hydrogens is 371 g/mol. The Morgan fingerprint density at radius 2 is 1.90 bits per heavy atom. The van der Waals surface area contributed by atoms with Crippen LogP contribution < -0.4 is 10.2 Å². The van der Waals surface area contributed by atoms with Crippen LogP contribution in [0.4, 0.5) is 10.4 Å². The lowest BCUT2D eigenvalue weighted by atomic mass is 9.96. The largest absolute Gasteiger partial charge is 0.352 e. The Bertz CT molecular complexity index is 978. The molecule has 1 aromatic heterocycles. The third kappa shape index (κ3) is 4.45. The zero-order valence-electron chi connectivity index (χ0n) is 16.3. The van der Waals surface area contributed by atoms with Crippen LogP contribution >= 0.6 is 0 Å². The molecule has 0 saturated carbocycles. The van der Waals surface area contributed by atoms with Crippen LogP contribution in [0.3, 0.4) is 0 Å². The quantitative estimate of drug-likeness (QED) is 0.714. The first-order valence-corrected chi connectivity index (χ1v) is 9.77. The molecule has 0 unspecified atom stereocenters. The van der Waals surface area contributed by atoms with Crippen LogP contribution in [0, 0.1) is 18.7 Å². The molecule has 1 aliphatic heterocycles. The Morgan fingerprint density at radius 1 is 1.17 bits per heavy atom. The average molecular weight is 394 g/mol. The van der Waals surface area contributed by atoms with Gasteiger partial charge in [-0.1, -0.05) is 41.6 Å². The minimum absolute atomic E-state index is 0.0279. The number of benzene rings is 2. The predicted octanol–water partition coefficient (Wildman–Crippen LogP) is 3.72. The lowest BCUT2D eigenvalue weighted by Gasteiger charge is -2.29. The first kappa shape index (κ1) is 19.1. The van der Waals surface area contributed by atoms with E-state index < -0.39 is 0 Å². The first-order chi connectivity index (χ1) is 14.1. The van der Waals surface area contributed by atoms with E-state index in [0.717, 1.165) is 29.5 Å². The van der Waals surface area contributed by atoms with Crippen LogP contribution in [-0.4, -0.2) is 29.1 Å². The van der Waals surface area contributed by atoms with Gasteiger partial charge in [0.15, 0.2) is 0 Å². The van der Waals surface area contributed by atoms with E-state index in [4.69, 9.17) is 4.52 Å². The van der Waals surface area contributed by atoms with Crippen molar-refractivity contribution in [3.63, 3.8) is 0 Å². The molecule has 4 rings (SSSR count). The second kappa shape index (κ2) is 8.43. The molecule has 7 heteroatoms. The summed E-state index contributed by atoms with van der Waals surface area (Å²) in [4.78, 5) is 19.0. The summed E-state index contributed by atoms with van der Waals surface area (Å²) in [5, 5.41) is 7.06. The van der Waals surface area contributed by atoms with Crippen molar-refractivity contribution in [3.05, 3.63) is 65.5 Å². The van der Waals surface area contributed by atoms with Gasteiger partial charge in [-0.3, -0.25) is 4.79 Å². The van der Waals surface area contributed by atoms with Gasteiger partial charge >= 0.3 is 6.01 Å². The van der Waals surface area contributed by atoms with Crippen LogP contribution in [0.2, 0.25) is 0 Å². The average Bonchev–Trinajstić information content (AvgIpc) is 3.23. The van der Waals surface area contributed by atoms with Crippen molar-refractivity contribution in [2.24, 2.45) is 5.92 Å². The number of amides is 1. The number of carbonyl (C=O) groups is 1. The second-order valence-corrected chi connectivity index (χ2v) is 7.32. The molecule has 0 radical (unpaired) electrons. The molecule has 6 nitrogen and oxygen atoms in total. The number of halogens is 1. The van der Waals surface area contributed by atoms with Gasteiger partial charge in [0.2, 0.25) is 11.7 Å². The molecule has 0 aliphatic carbocycles. The van der Waals surface area contributed by atoms with Gasteiger partial charge in [-0.15, -0.1) is 0 Å². The number of anilines is 1. The molecule has 150 valence electrons. The highest BCUT2D eigenvalue weighted by atomic mass is 19.1. The molecule has 29 heavy (non-hydrogen) atoms. The smallest absolute Gasteiger partial charge is 0.324 e. The molecule has 1 N–H and O–H groups in total. The van der Waals surface area contributed by atoms with Crippen LogP contribution in [0.5, 0.6) is 0 Å². The molecule has 2 aromatic carbocycles. The Morgan fingerprint density at radius 3 is 2.62 bits per heavy atom. The predicted molar refractivity (Wildman–Crippen MR) is 108 cm³/mol. The molecule has 0 bridgehead atoms. The monoisotopic (exact) mass is 394 g/mol. The molecule has 3 aromatic rings. The van der Waals surface area contributed by atoms with Crippen molar-refractivity contribution in [1.82, 2.24) is 15.5 Å². The highest BCUT2D eigenvalue weighted by molar-refractivity contribution is 5.79. The number of piperidine rings is 1. The van der Waals surface area contributed by atoms with Gasteiger partial charge in [0.25, 0.3) is 0 Å². The zero-order chi connectivity index (χ0) is 20.2. The summed E-state index contributed by atoms with van der Waals surface area (Å²) in [7, 11) is 0. The lowest BCUT2D eigenvalue weighted by molar-refractivity contribution is -0.125. The third-order valence-electron chi connectivity index (χ3n) is 5.32. The summed E-state index contributed by atoms with van der Waals surface area (Å²) in [6.45, 7) is 3.79. The van der Waals surface area contributed by atoms with Crippen molar-refractivity contribution in [1.29, 1.82) is 0 Å². The molecule has 1 fully saturated rings. The van der Waals surface area contributed by atoms with E-state index in [1.807, 2.05) is 36.1 Å². The van der Waals surface area contributed by atoms with Gasteiger partial charge in [0.1, 0.15) is 5.82 Å².